The molecule has 0 aromatic heterocycles. The lowest BCUT2D eigenvalue weighted by molar-refractivity contribution is -0.163. The minimum Gasteiger partial charge on any atom is -0.458 e. The second-order valence-electron chi connectivity index (χ2n) is 12.3. The molecule has 1 N–H and O–H groups in total. The molecule has 0 unspecified atom stereocenters. The fraction of sp³-hybridized carbons (Fsp3) is 0.484. The Hall–Kier alpha value is -3.81. The van der Waals surface area contributed by atoms with Gasteiger partial charge in [-0.2, -0.15) is 0 Å². The molecule has 1 amide bonds. The Labute approximate surface area is 258 Å². The van der Waals surface area contributed by atoms with Crippen molar-refractivity contribution in [3.8, 4) is 5.75 Å². The van der Waals surface area contributed by atoms with Crippen LogP contribution in [0.25, 0.3) is 0 Å². The number of rotatable bonds is 8. The number of Topliss-reactive ketones (excluding diaryl/α,β-unsaturated/α-hetero) is 2. The Morgan fingerprint density at radius 3 is 2.05 bits per heavy atom. The number of carbonyl (C=O) groups excluding carboxylic acids is 4. The van der Waals surface area contributed by atoms with Crippen LogP contribution in [-0.4, -0.2) is 98.8 Å². The molecule has 2 saturated heterocycles. The van der Waals surface area contributed by atoms with Crippen molar-refractivity contribution < 1.29 is 37.1 Å². The third-order valence-electron chi connectivity index (χ3n) is 7.57. The molecule has 0 spiro atoms. The molecule has 0 radical (unpaired) electrons. The summed E-state index contributed by atoms with van der Waals surface area (Å²) in [4.78, 5) is 56.6. The molecule has 2 atom stereocenters. The van der Waals surface area contributed by atoms with Gasteiger partial charge in [0.1, 0.15) is 17.1 Å². The van der Waals surface area contributed by atoms with E-state index >= 15 is 0 Å². The molecule has 2 fully saturated rings. The first-order chi connectivity index (χ1) is 20.5. The normalized spacial score (nSPS) is 19.3. The first-order valence-electron chi connectivity index (χ1n) is 14.4. The predicted molar refractivity (Wildman–Crippen MR) is 163 cm³/mol. The molecule has 0 saturated carbocycles. The van der Waals surface area contributed by atoms with Crippen LogP contribution in [-0.2, 0) is 29.1 Å². The molecule has 12 nitrogen and oxygen atoms in total. The van der Waals surface area contributed by atoms with E-state index in [2.05, 4.69) is 10.2 Å². The van der Waals surface area contributed by atoms with Gasteiger partial charge in [0.25, 0.3) is 10.0 Å². The number of hydrogen-bond acceptors (Lipinski definition) is 10. The zero-order valence-corrected chi connectivity index (χ0v) is 26.8. The van der Waals surface area contributed by atoms with E-state index in [1.807, 2.05) is 7.05 Å². The van der Waals surface area contributed by atoms with Crippen LogP contribution in [0.15, 0.2) is 53.4 Å². The van der Waals surface area contributed by atoms with Crippen molar-refractivity contribution >= 4 is 39.3 Å². The third-order valence-corrected chi connectivity index (χ3v) is 9.50. The van der Waals surface area contributed by atoms with E-state index < -0.39 is 45.1 Å². The number of anilines is 1. The highest BCUT2D eigenvalue weighted by molar-refractivity contribution is 7.93. The summed E-state index contributed by atoms with van der Waals surface area (Å²) in [6.45, 7) is 10.2. The number of esters is 1. The molecule has 2 aliphatic rings. The second kappa shape index (κ2) is 12.7. The Morgan fingerprint density at radius 1 is 0.932 bits per heavy atom. The van der Waals surface area contributed by atoms with Gasteiger partial charge in [0.05, 0.1) is 23.2 Å². The molecule has 0 aliphatic carbocycles. The standard InChI is InChI=1S/C31H40N4O8S/c1-21-7-13-25(14-8-21)44(40,41)35(22-9-11-24(12-10-22)42-29(39)34-17-15-33(6)16-18-34)31(5,28(38)43-30(2,3)4)27(37)26-19-23(36)20-32-26/h7-14,26,32H,15-20H2,1-6H3/t26-,31+/m0/s1. The molecule has 238 valence electrons. The molecule has 13 heteroatoms. The second-order valence-corrected chi connectivity index (χ2v) is 14.1. The summed E-state index contributed by atoms with van der Waals surface area (Å²) < 4.78 is 40.8. The van der Waals surface area contributed by atoms with E-state index in [1.54, 1.807) is 44.7 Å². The Bertz CT molecular complexity index is 1510. The molecule has 44 heavy (non-hydrogen) atoms. The summed E-state index contributed by atoms with van der Waals surface area (Å²) in [5.74, 6) is -2.02. The highest BCUT2D eigenvalue weighted by atomic mass is 32.2. The summed E-state index contributed by atoms with van der Waals surface area (Å²) in [6.07, 6.45) is -0.739. The fourth-order valence-corrected chi connectivity index (χ4v) is 6.79. The Morgan fingerprint density at radius 2 is 1.52 bits per heavy atom. The molecule has 0 bridgehead atoms. The minimum absolute atomic E-state index is 0.0454. The van der Waals surface area contributed by atoms with Gasteiger partial charge in [-0.1, -0.05) is 17.7 Å². The summed E-state index contributed by atoms with van der Waals surface area (Å²) in [5, 5.41) is 2.81. The Kier molecular flexibility index (Phi) is 9.52. The summed E-state index contributed by atoms with van der Waals surface area (Å²) >= 11 is 0. The van der Waals surface area contributed by atoms with E-state index in [0.29, 0.717) is 26.2 Å². The number of nitrogens with one attached hydrogen (secondary N) is 1. The number of likely N-dealkylation sites (N-methyl/N-ethyl adjacent to an activating group) is 1. The quantitative estimate of drug-likeness (QED) is 0.342. The van der Waals surface area contributed by atoms with Gasteiger partial charge in [0.2, 0.25) is 5.54 Å². The number of ether oxygens (including phenoxy) is 2. The largest absolute Gasteiger partial charge is 0.458 e. The van der Waals surface area contributed by atoms with Gasteiger partial charge in [0.15, 0.2) is 5.78 Å². The minimum atomic E-state index is -4.60. The van der Waals surface area contributed by atoms with Crippen molar-refractivity contribution in [3.63, 3.8) is 0 Å². The van der Waals surface area contributed by atoms with Gasteiger partial charge in [-0.3, -0.25) is 9.59 Å². The summed E-state index contributed by atoms with van der Waals surface area (Å²) in [7, 11) is -2.63. The maximum absolute atomic E-state index is 14.4. The molecule has 2 aromatic rings. The maximum atomic E-state index is 14.4. The number of carbonyl (C=O) groups is 4. The van der Waals surface area contributed by atoms with E-state index in [-0.39, 0.29) is 35.1 Å². The highest BCUT2D eigenvalue weighted by Crippen LogP contribution is 2.36. The van der Waals surface area contributed by atoms with E-state index in [4.69, 9.17) is 9.47 Å². The van der Waals surface area contributed by atoms with Gasteiger partial charge in [-0.25, -0.2) is 22.3 Å². The number of aryl methyl sites for hydroxylation is 1. The summed E-state index contributed by atoms with van der Waals surface area (Å²) in [5.41, 5.74) is -2.74. The molecule has 4 rings (SSSR count). The first kappa shape index (κ1) is 33.1. The van der Waals surface area contributed by atoms with Crippen LogP contribution in [0.1, 0.15) is 39.7 Å². The molecule has 2 aliphatic heterocycles. The van der Waals surface area contributed by atoms with Crippen molar-refractivity contribution in [2.75, 3.05) is 44.1 Å². The van der Waals surface area contributed by atoms with Crippen LogP contribution < -0.4 is 14.4 Å². The first-order valence-corrected chi connectivity index (χ1v) is 15.9. The average Bonchev–Trinajstić information content (AvgIpc) is 3.39. The number of nitrogens with zero attached hydrogens (tertiary/aromatic N) is 3. The van der Waals surface area contributed by atoms with Crippen molar-refractivity contribution in [2.24, 2.45) is 0 Å². The van der Waals surface area contributed by atoms with Gasteiger partial charge in [-0.15, -0.1) is 0 Å². The monoisotopic (exact) mass is 628 g/mol. The number of hydrogen-bond donors (Lipinski definition) is 1. The molecule has 2 aromatic carbocycles. The zero-order valence-electron chi connectivity index (χ0n) is 26.0. The van der Waals surface area contributed by atoms with Crippen molar-refractivity contribution in [1.29, 1.82) is 0 Å². The summed E-state index contributed by atoms with van der Waals surface area (Å²) in [6, 6.07) is 10.4. The van der Waals surface area contributed by atoms with Crippen LogP contribution in [0.2, 0.25) is 0 Å². The lowest BCUT2D eigenvalue weighted by atomic mass is 9.89. The van der Waals surface area contributed by atoms with Gasteiger partial charge in [-0.05, 0) is 78.1 Å². The van der Waals surface area contributed by atoms with E-state index in [9.17, 15) is 27.6 Å². The predicted octanol–water partition coefficient (Wildman–Crippen LogP) is 2.54. The van der Waals surface area contributed by atoms with Gasteiger partial charge in [0, 0.05) is 32.6 Å². The van der Waals surface area contributed by atoms with Crippen LogP contribution in [0.5, 0.6) is 5.75 Å². The lowest BCUT2D eigenvalue weighted by Gasteiger charge is -2.41. The van der Waals surface area contributed by atoms with Crippen molar-refractivity contribution in [1.82, 2.24) is 15.1 Å². The van der Waals surface area contributed by atoms with Crippen LogP contribution >= 0.6 is 0 Å². The number of amides is 1. The lowest BCUT2D eigenvalue weighted by Crippen LogP contribution is -2.65. The molecular weight excluding hydrogens is 588 g/mol. The van der Waals surface area contributed by atoms with Crippen LogP contribution in [0.4, 0.5) is 10.5 Å². The number of benzene rings is 2. The van der Waals surface area contributed by atoms with E-state index in [1.165, 1.54) is 43.3 Å². The third kappa shape index (κ3) is 7.11. The maximum Gasteiger partial charge on any atom is 0.415 e. The molecule has 2 heterocycles. The highest BCUT2D eigenvalue weighted by Gasteiger charge is 2.56. The van der Waals surface area contributed by atoms with E-state index in [0.717, 1.165) is 9.87 Å². The smallest absolute Gasteiger partial charge is 0.415 e. The topological polar surface area (TPSA) is 143 Å². The van der Waals surface area contributed by atoms with Crippen LogP contribution in [0, 0.1) is 6.92 Å². The average molecular weight is 629 g/mol. The Balaban J connectivity index is 1.80. The number of piperazine rings is 1. The zero-order chi connectivity index (χ0) is 32.4. The molecular formula is C31H40N4O8S. The van der Waals surface area contributed by atoms with Crippen molar-refractivity contribution in [2.45, 2.75) is 63.1 Å². The van der Waals surface area contributed by atoms with Gasteiger partial charge < -0.3 is 24.6 Å². The number of ketones is 2. The van der Waals surface area contributed by atoms with Gasteiger partial charge >= 0.3 is 12.1 Å². The fourth-order valence-electron chi connectivity index (χ4n) is 5.05. The SMILES string of the molecule is Cc1ccc(S(=O)(=O)N(c2ccc(OC(=O)N3CCN(C)CC3)cc2)[C@@](C)(C(=O)OC(C)(C)C)C(=O)[C@@H]2CC(=O)CN2)cc1. The number of sulfonamides is 1. The van der Waals surface area contributed by atoms with Crippen LogP contribution in [0.3, 0.4) is 0 Å². The van der Waals surface area contributed by atoms with Crippen molar-refractivity contribution in [3.05, 3.63) is 54.1 Å².